The predicted molar refractivity (Wildman–Crippen MR) is 113 cm³/mol. The van der Waals surface area contributed by atoms with E-state index in [9.17, 15) is 14.4 Å². The summed E-state index contributed by atoms with van der Waals surface area (Å²) in [7, 11) is 0. The van der Waals surface area contributed by atoms with Crippen LogP contribution in [0.3, 0.4) is 0 Å². The Morgan fingerprint density at radius 3 is 2.38 bits per heavy atom. The van der Waals surface area contributed by atoms with Crippen molar-refractivity contribution in [2.24, 2.45) is 0 Å². The molecule has 4 rings (SSSR count). The lowest BCUT2D eigenvalue weighted by molar-refractivity contribution is 0.0949. The molecule has 2 aromatic rings. The van der Waals surface area contributed by atoms with Gasteiger partial charge in [0.15, 0.2) is 0 Å². The number of aromatic nitrogens is 1. The number of anilines is 1. The zero-order valence-electron chi connectivity index (χ0n) is 16.1. The van der Waals surface area contributed by atoms with E-state index in [1.165, 1.54) is 18.6 Å². The van der Waals surface area contributed by atoms with Gasteiger partial charge >= 0.3 is 0 Å². The summed E-state index contributed by atoms with van der Waals surface area (Å²) in [6.45, 7) is 0. The van der Waals surface area contributed by atoms with Crippen molar-refractivity contribution in [2.75, 3.05) is 5.32 Å². The van der Waals surface area contributed by atoms with Crippen LogP contribution in [0.5, 0.6) is 0 Å². The second-order valence-electron chi connectivity index (χ2n) is 7.85. The molecule has 29 heavy (non-hydrogen) atoms. The molecule has 2 N–H and O–H groups in total. The van der Waals surface area contributed by atoms with Crippen LogP contribution >= 0.6 is 11.6 Å². The Labute approximate surface area is 174 Å². The molecule has 1 aromatic heterocycles. The number of amides is 2. The van der Waals surface area contributed by atoms with E-state index in [1.54, 1.807) is 29.0 Å². The van der Waals surface area contributed by atoms with E-state index in [-0.39, 0.29) is 29.5 Å². The highest BCUT2D eigenvalue weighted by Crippen LogP contribution is 2.28. The number of nitrogens with zero attached hydrogens (tertiary/aromatic N) is 1. The summed E-state index contributed by atoms with van der Waals surface area (Å²) >= 11 is 6.23. The van der Waals surface area contributed by atoms with Gasteiger partial charge in [-0.05, 0) is 49.9 Å². The highest BCUT2D eigenvalue weighted by Gasteiger charge is 2.24. The quantitative estimate of drug-likeness (QED) is 0.772. The van der Waals surface area contributed by atoms with Gasteiger partial charge in [-0.3, -0.25) is 14.4 Å². The van der Waals surface area contributed by atoms with Gasteiger partial charge in [-0.2, -0.15) is 0 Å². The molecule has 2 amide bonds. The lowest BCUT2D eigenvalue weighted by Gasteiger charge is -2.24. The number of nitrogens with one attached hydrogen (secondary N) is 2. The largest absolute Gasteiger partial charge is 0.349 e. The van der Waals surface area contributed by atoms with E-state index < -0.39 is 0 Å². The van der Waals surface area contributed by atoms with Crippen molar-refractivity contribution in [1.29, 1.82) is 0 Å². The lowest BCUT2D eigenvalue weighted by Crippen LogP contribution is -2.27. The average Bonchev–Trinajstić information content (AvgIpc) is 3.54. The zero-order valence-corrected chi connectivity index (χ0v) is 16.9. The van der Waals surface area contributed by atoms with Crippen molar-refractivity contribution >= 4 is 29.1 Å². The molecule has 0 atom stereocenters. The van der Waals surface area contributed by atoms with Gasteiger partial charge in [0.1, 0.15) is 0 Å². The molecule has 2 aliphatic carbocycles. The van der Waals surface area contributed by atoms with E-state index in [4.69, 9.17) is 11.6 Å². The third-order valence-electron chi connectivity index (χ3n) is 5.56. The molecule has 1 aromatic carbocycles. The second kappa shape index (κ2) is 8.41. The van der Waals surface area contributed by atoms with Crippen molar-refractivity contribution in [3.63, 3.8) is 0 Å². The first kappa shape index (κ1) is 19.7. The van der Waals surface area contributed by atoms with Crippen LogP contribution in [0.1, 0.15) is 71.7 Å². The minimum absolute atomic E-state index is 0.0924. The Bertz CT molecular complexity index is 991. The standard InChI is InChI=1S/C22H24ClN3O3/c23-18-10-6-14(21(28)24-16-8-9-16)12-19(18)25-22(29)15-7-11-20(27)26(13-15)17-4-2-1-3-5-17/h6-7,10-13,16-17H,1-5,8-9H2,(H,24,28)(H,25,29). The summed E-state index contributed by atoms with van der Waals surface area (Å²) in [5.41, 5.74) is 1.11. The number of hydrogen-bond acceptors (Lipinski definition) is 3. The molecule has 0 bridgehead atoms. The summed E-state index contributed by atoms with van der Waals surface area (Å²) < 4.78 is 1.68. The molecule has 2 aliphatic rings. The van der Waals surface area contributed by atoms with E-state index >= 15 is 0 Å². The number of rotatable bonds is 5. The molecule has 6 nitrogen and oxygen atoms in total. The summed E-state index contributed by atoms with van der Waals surface area (Å²) in [5, 5.41) is 6.04. The van der Waals surface area contributed by atoms with Gasteiger partial charge in [0.05, 0.1) is 16.3 Å². The van der Waals surface area contributed by atoms with Crippen LogP contribution in [0.25, 0.3) is 0 Å². The first-order valence-corrected chi connectivity index (χ1v) is 10.5. The smallest absolute Gasteiger partial charge is 0.257 e. The first-order chi connectivity index (χ1) is 14.0. The van der Waals surface area contributed by atoms with Gasteiger partial charge in [-0.15, -0.1) is 0 Å². The number of halogens is 1. The van der Waals surface area contributed by atoms with E-state index in [1.807, 2.05) is 0 Å². The fourth-order valence-electron chi connectivity index (χ4n) is 3.74. The topological polar surface area (TPSA) is 80.2 Å². The molecule has 0 unspecified atom stereocenters. The van der Waals surface area contributed by atoms with Crippen molar-refractivity contribution < 1.29 is 9.59 Å². The van der Waals surface area contributed by atoms with Gasteiger partial charge in [-0.25, -0.2) is 0 Å². The van der Waals surface area contributed by atoms with Crippen LogP contribution in [0.4, 0.5) is 5.69 Å². The summed E-state index contributed by atoms with van der Waals surface area (Å²) in [4.78, 5) is 37.3. The number of benzene rings is 1. The van der Waals surface area contributed by atoms with E-state index in [2.05, 4.69) is 10.6 Å². The summed E-state index contributed by atoms with van der Waals surface area (Å²) in [6, 6.07) is 8.16. The average molecular weight is 414 g/mol. The van der Waals surface area contributed by atoms with Gasteiger partial charge in [-0.1, -0.05) is 30.9 Å². The van der Waals surface area contributed by atoms with Gasteiger partial charge in [0, 0.05) is 29.9 Å². The molecule has 152 valence electrons. The number of hydrogen-bond donors (Lipinski definition) is 2. The maximum atomic E-state index is 12.8. The molecule has 0 aliphatic heterocycles. The summed E-state index contributed by atoms with van der Waals surface area (Å²) in [5.74, 6) is -0.540. The number of pyridine rings is 1. The van der Waals surface area contributed by atoms with Gasteiger partial charge in [0.25, 0.3) is 17.4 Å². The molecule has 0 spiro atoms. The zero-order chi connectivity index (χ0) is 20.4. The maximum Gasteiger partial charge on any atom is 0.257 e. The van der Waals surface area contributed by atoms with Gasteiger partial charge in [0.2, 0.25) is 0 Å². The van der Waals surface area contributed by atoms with Crippen LogP contribution in [0, 0.1) is 0 Å². The van der Waals surface area contributed by atoms with Crippen LogP contribution in [0.15, 0.2) is 41.3 Å². The molecule has 2 fully saturated rings. The highest BCUT2D eigenvalue weighted by molar-refractivity contribution is 6.34. The van der Waals surface area contributed by atoms with Crippen LogP contribution in [-0.4, -0.2) is 22.4 Å². The van der Waals surface area contributed by atoms with Crippen LogP contribution in [0.2, 0.25) is 5.02 Å². The van der Waals surface area contributed by atoms with Crippen LogP contribution in [-0.2, 0) is 0 Å². The normalized spacial score (nSPS) is 17.0. The van der Waals surface area contributed by atoms with Crippen LogP contribution < -0.4 is 16.2 Å². The minimum atomic E-state index is -0.365. The summed E-state index contributed by atoms with van der Waals surface area (Å²) in [6.07, 6.45) is 8.92. The predicted octanol–water partition coefficient (Wildman–Crippen LogP) is 4.15. The Hall–Kier alpha value is -2.60. The molecule has 1 heterocycles. The Balaban J connectivity index is 1.53. The second-order valence-corrected chi connectivity index (χ2v) is 8.26. The Morgan fingerprint density at radius 1 is 0.931 bits per heavy atom. The maximum absolute atomic E-state index is 12.8. The molecular weight excluding hydrogens is 390 g/mol. The lowest BCUT2D eigenvalue weighted by atomic mass is 9.95. The van der Waals surface area contributed by atoms with Gasteiger partial charge < -0.3 is 15.2 Å². The number of carbonyl (C=O) groups excluding carboxylic acids is 2. The molecule has 0 saturated heterocycles. The Kier molecular flexibility index (Phi) is 5.72. The Morgan fingerprint density at radius 2 is 1.66 bits per heavy atom. The van der Waals surface area contributed by atoms with E-state index in [0.29, 0.717) is 21.8 Å². The third kappa shape index (κ3) is 4.70. The molecular formula is C22H24ClN3O3. The van der Waals surface area contributed by atoms with Crippen molar-refractivity contribution in [1.82, 2.24) is 9.88 Å². The highest BCUT2D eigenvalue weighted by atomic mass is 35.5. The van der Waals surface area contributed by atoms with Crippen molar-refractivity contribution in [2.45, 2.75) is 57.0 Å². The molecule has 0 radical (unpaired) electrons. The van der Waals surface area contributed by atoms with E-state index in [0.717, 1.165) is 38.5 Å². The fraction of sp³-hybridized carbons (Fsp3) is 0.409. The molecule has 7 heteroatoms. The fourth-order valence-corrected chi connectivity index (χ4v) is 3.90. The van der Waals surface area contributed by atoms with Crippen molar-refractivity contribution in [3.05, 3.63) is 63.0 Å². The first-order valence-electron chi connectivity index (χ1n) is 10.2. The minimum Gasteiger partial charge on any atom is -0.349 e. The monoisotopic (exact) mass is 413 g/mol. The molecule has 2 saturated carbocycles. The van der Waals surface area contributed by atoms with Crippen molar-refractivity contribution in [3.8, 4) is 0 Å². The SMILES string of the molecule is O=C(Nc1cc(C(=O)NC2CC2)ccc1Cl)c1ccc(=O)n(C2CCCCC2)c1. The third-order valence-corrected chi connectivity index (χ3v) is 5.89. The number of carbonyl (C=O) groups is 2.